The number of methoxy groups -OCH3 is 1. The first-order chi connectivity index (χ1) is 8.14. The molecule has 1 aromatic heterocycles. The van der Waals surface area contributed by atoms with E-state index in [-0.39, 0.29) is 4.90 Å². The van der Waals surface area contributed by atoms with E-state index in [1.807, 2.05) is 0 Å². The maximum atomic E-state index is 12.2. The van der Waals surface area contributed by atoms with Crippen LogP contribution in [0.5, 0.6) is 5.88 Å². The summed E-state index contributed by atoms with van der Waals surface area (Å²) < 4.78 is 30.9. The fourth-order valence-electron chi connectivity index (χ4n) is 1.89. The third-order valence-corrected chi connectivity index (χ3v) is 4.75. The molecule has 17 heavy (non-hydrogen) atoms. The van der Waals surface area contributed by atoms with Crippen LogP contribution in [-0.2, 0) is 10.0 Å². The number of ether oxygens (including phenoxy) is 1. The lowest BCUT2D eigenvalue weighted by atomic mass is 10.2. The summed E-state index contributed by atoms with van der Waals surface area (Å²) in [5, 5.41) is 0. The van der Waals surface area contributed by atoms with Crippen LogP contribution in [0.4, 0.5) is 0 Å². The highest BCUT2D eigenvalue weighted by Gasteiger charge is 2.25. The van der Waals surface area contributed by atoms with E-state index in [9.17, 15) is 8.42 Å². The van der Waals surface area contributed by atoms with Gasteiger partial charge in [0.2, 0.25) is 15.9 Å². The molecular formula is C11H16N2O3S. The van der Waals surface area contributed by atoms with Crippen LogP contribution in [0.2, 0.25) is 0 Å². The molecule has 0 aromatic carbocycles. The Balaban J connectivity index is 2.23. The van der Waals surface area contributed by atoms with Gasteiger partial charge in [0, 0.05) is 19.2 Å². The zero-order valence-electron chi connectivity index (χ0n) is 9.80. The monoisotopic (exact) mass is 256 g/mol. The molecule has 0 unspecified atom stereocenters. The van der Waals surface area contributed by atoms with Gasteiger partial charge in [-0.15, -0.1) is 0 Å². The Bertz CT molecular complexity index is 464. The average Bonchev–Trinajstić information content (AvgIpc) is 2.40. The summed E-state index contributed by atoms with van der Waals surface area (Å²) in [5.41, 5.74) is 0. The van der Waals surface area contributed by atoms with Gasteiger partial charge in [-0.1, -0.05) is 6.42 Å². The van der Waals surface area contributed by atoms with E-state index in [2.05, 4.69) is 4.98 Å². The number of sulfonamides is 1. The Hall–Kier alpha value is -1.14. The highest BCUT2D eigenvalue weighted by Crippen LogP contribution is 2.20. The van der Waals surface area contributed by atoms with Crippen LogP contribution >= 0.6 is 0 Å². The molecule has 0 spiro atoms. The van der Waals surface area contributed by atoms with E-state index < -0.39 is 10.0 Å². The summed E-state index contributed by atoms with van der Waals surface area (Å²) in [6.45, 7) is 1.21. The first-order valence-electron chi connectivity index (χ1n) is 5.65. The molecule has 6 heteroatoms. The van der Waals surface area contributed by atoms with Gasteiger partial charge in [0.25, 0.3) is 0 Å². The molecule has 94 valence electrons. The van der Waals surface area contributed by atoms with Crippen LogP contribution in [0.1, 0.15) is 19.3 Å². The molecule has 0 atom stereocenters. The maximum absolute atomic E-state index is 12.2. The van der Waals surface area contributed by atoms with E-state index in [1.165, 1.54) is 23.7 Å². The summed E-state index contributed by atoms with van der Waals surface area (Å²) in [6.07, 6.45) is 4.32. The van der Waals surface area contributed by atoms with E-state index in [4.69, 9.17) is 4.74 Å². The fraction of sp³-hybridized carbons (Fsp3) is 0.545. The van der Waals surface area contributed by atoms with Crippen molar-refractivity contribution < 1.29 is 13.2 Å². The molecule has 0 saturated carbocycles. The zero-order valence-corrected chi connectivity index (χ0v) is 10.6. The van der Waals surface area contributed by atoms with Crippen LogP contribution in [0, 0.1) is 0 Å². The molecule has 1 saturated heterocycles. The van der Waals surface area contributed by atoms with Gasteiger partial charge in [-0.3, -0.25) is 0 Å². The van der Waals surface area contributed by atoms with Crippen molar-refractivity contribution in [2.75, 3.05) is 20.2 Å². The molecule has 5 nitrogen and oxygen atoms in total. The molecule has 0 radical (unpaired) electrons. The minimum atomic E-state index is -3.37. The molecule has 0 amide bonds. The lowest BCUT2D eigenvalue weighted by Gasteiger charge is -2.25. The average molecular weight is 256 g/mol. The van der Waals surface area contributed by atoms with Crippen molar-refractivity contribution in [2.24, 2.45) is 0 Å². The third-order valence-electron chi connectivity index (χ3n) is 2.87. The lowest BCUT2D eigenvalue weighted by molar-refractivity contribution is 0.346. The van der Waals surface area contributed by atoms with E-state index >= 15 is 0 Å². The number of hydrogen-bond acceptors (Lipinski definition) is 4. The molecule has 1 aliphatic heterocycles. The van der Waals surface area contributed by atoms with Gasteiger partial charge in [-0.05, 0) is 18.9 Å². The molecule has 2 rings (SSSR count). The molecule has 1 aliphatic rings. The molecule has 0 N–H and O–H groups in total. The fourth-order valence-corrected chi connectivity index (χ4v) is 3.36. The molecule has 1 fully saturated rings. The van der Waals surface area contributed by atoms with Crippen molar-refractivity contribution in [3.05, 3.63) is 18.3 Å². The molecule has 2 heterocycles. The van der Waals surface area contributed by atoms with E-state index in [1.54, 1.807) is 6.07 Å². The van der Waals surface area contributed by atoms with Crippen molar-refractivity contribution >= 4 is 10.0 Å². The van der Waals surface area contributed by atoms with E-state index in [0.717, 1.165) is 19.3 Å². The van der Waals surface area contributed by atoms with Crippen LogP contribution in [0.15, 0.2) is 23.2 Å². The standard InChI is InChI=1S/C11H16N2O3S/c1-16-11-6-5-10(9-12-11)17(14,15)13-7-3-2-4-8-13/h5-6,9H,2-4,7-8H2,1H3. The molecule has 0 aliphatic carbocycles. The molecular weight excluding hydrogens is 240 g/mol. The Morgan fingerprint density at radius 1 is 1.24 bits per heavy atom. The second-order valence-corrected chi connectivity index (χ2v) is 5.94. The summed E-state index contributed by atoms with van der Waals surface area (Å²) in [7, 11) is -1.87. The lowest BCUT2D eigenvalue weighted by Crippen LogP contribution is -2.35. The van der Waals surface area contributed by atoms with Crippen molar-refractivity contribution in [1.29, 1.82) is 0 Å². The predicted molar refractivity (Wildman–Crippen MR) is 63.4 cm³/mol. The van der Waals surface area contributed by atoms with E-state index in [0.29, 0.717) is 19.0 Å². The summed E-state index contributed by atoms with van der Waals surface area (Å²) in [6, 6.07) is 3.10. The normalized spacial score (nSPS) is 17.9. The highest BCUT2D eigenvalue weighted by molar-refractivity contribution is 7.89. The highest BCUT2D eigenvalue weighted by atomic mass is 32.2. The Kier molecular flexibility index (Phi) is 3.63. The Morgan fingerprint density at radius 2 is 1.94 bits per heavy atom. The maximum Gasteiger partial charge on any atom is 0.244 e. The second kappa shape index (κ2) is 5.01. The number of hydrogen-bond donors (Lipinski definition) is 0. The minimum Gasteiger partial charge on any atom is -0.481 e. The predicted octanol–water partition coefficient (Wildman–Crippen LogP) is 1.26. The largest absolute Gasteiger partial charge is 0.481 e. The van der Waals surface area contributed by atoms with Gasteiger partial charge >= 0.3 is 0 Å². The van der Waals surface area contributed by atoms with Gasteiger partial charge in [0.05, 0.1) is 13.3 Å². The van der Waals surface area contributed by atoms with Gasteiger partial charge in [0.1, 0.15) is 4.90 Å². The first kappa shape index (κ1) is 12.3. The summed E-state index contributed by atoms with van der Waals surface area (Å²) in [5.74, 6) is 0.419. The van der Waals surface area contributed by atoms with Crippen molar-refractivity contribution in [1.82, 2.24) is 9.29 Å². The number of nitrogens with zero attached hydrogens (tertiary/aromatic N) is 2. The van der Waals surface area contributed by atoms with Crippen LogP contribution in [-0.4, -0.2) is 37.9 Å². The van der Waals surface area contributed by atoms with Crippen molar-refractivity contribution in [3.8, 4) is 5.88 Å². The van der Waals surface area contributed by atoms with Crippen molar-refractivity contribution in [3.63, 3.8) is 0 Å². The quantitative estimate of drug-likeness (QED) is 0.817. The van der Waals surface area contributed by atoms with Crippen LogP contribution in [0.25, 0.3) is 0 Å². The van der Waals surface area contributed by atoms with Gasteiger partial charge < -0.3 is 4.74 Å². The van der Waals surface area contributed by atoms with Gasteiger partial charge in [-0.2, -0.15) is 4.31 Å². The third kappa shape index (κ3) is 2.58. The number of rotatable bonds is 3. The smallest absolute Gasteiger partial charge is 0.244 e. The minimum absolute atomic E-state index is 0.236. The number of aromatic nitrogens is 1. The zero-order chi connectivity index (χ0) is 12.3. The van der Waals surface area contributed by atoms with Crippen LogP contribution < -0.4 is 4.74 Å². The Labute approximate surface area is 101 Å². The number of pyridine rings is 1. The Morgan fingerprint density at radius 3 is 2.47 bits per heavy atom. The molecule has 1 aromatic rings. The van der Waals surface area contributed by atoms with Gasteiger partial charge in [0.15, 0.2) is 0 Å². The van der Waals surface area contributed by atoms with Crippen LogP contribution in [0.3, 0.4) is 0 Å². The second-order valence-electron chi connectivity index (χ2n) is 4.00. The number of piperidine rings is 1. The van der Waals surface area contributed by atoms with Gasteiger partial charge in [-0.25, -0.2) is 13.4 Å². The topological polar surface area (TPSA) is 59.5 Å². The first-order valence-corrected chi connectivity index (χ1v) is 7.09. The van der Waals surface area contributed by atoms with Crippen molar-refractivity contribution in [2.45, 2.75) is 24.2 Å². The summed E-state index contributed by atoms with van der Waals surface area (Å²) in [4.78, 5) is 4.17. The summed E-state index contributed by atoms with van der Waals surface area (Å²) >= 11 is 0. The molecule has 0 bridgehead atoms. The SMILES string of the molecule is COc1ccc(S(=O)(=O)N2CCCCC2)cn1.